The lowest BCUT2D eigenvalue weighted by molar-refractivity contribution is -0.121. The van der Waals surface area contributed by atoms with Crippen molar-refractivity contribution in [3.05, 3.63) is 18.0 Å². The normalized spacial score (nSPS) is 10.3. The Morgan fingerprint density at radius 3 is 2.93 bits per heavy atom. The fourth-order valence-corrected chi connectivity index (χ4v) is 1.23. The molecule has 2 N–H and O–H groups in total. The molecule has 5 nitrogen and oxygen atoms in total. The zero-order chi connectivity index (χ0) is 11.1. The highest BCUT2D eigenvalue weighted by molar-refractivity contribution is 5.75. The number of carbonyl (C=O) groups excluding carboxylic acids is 1. The molecule has 0 aliphatic carbocycles. The number of hydrogen-bond donors (Lipinski definition) is 2. The number of hydrogen-bond acceptors (Lipinski definition) is 3. The van der Waals surface area contributed by atoms with Crippen LogP contribution in [0.15, 0.2) is 12.4 Å². The Bertz CT molecular complexity index is 308. The predicted octanol–water partition coefficient (Wildman–Crippen LogP) is -0.0828. The third-order valence-electron chi connectivity index (χ3n) is 2.03. The molecule has 1 aromatic heterocycles. The topological polar surface area (TPSA) is 59.0 Å². The Hall–Kier alpha value is -1.36. The molecule has 0 radical (unpaired) electrons. The highest BCUT2D eigenvalue weighted by Crippen LogP contribution is 1.92. The van der Waals surface area contributed by atoms with Gasteiger partial charge >= 0.3 is 0 Å². The van der Waals surface area contributed by atoms with Gasteiger partial charge in [0.15, 0.2) is 0 Å². The maximum Gasteiger partial charge on any atom is 0.221 e. The summed E-state index contributed by atoms with van der Waals surface area (Å²) in [5.41, 5.74) is 1.14. The molecule has 0 bridgehead atoms. The minimum absolute atomic E-state index is 0.0771. The molecular weight excluding hydrogens is 192 g/mol. The van der Waals surface area contributed by atoms with Crippen LogP contribution in [0.5, 0.6) is 0 Å². The third-order valence-corrected chi connectivity index (χ3v) is 2.03. The molecule has 0 aliphatic rings. The fourth-order valence-electron chi connectivity index (χ4n) is 1.23. The van der Waals surface area contributed by atoms with Crippen LogP contribution in [-0.4, -0.2) is 35.8 Å². The van der Waals surface area contributed by atoms with Gasteiger partial charge in [-0.15, -0.1) is 0 Å². The van der Waals surface area contributed by atoms with E-state index in [9.17, 15) is 4.79 Å². The molecule has 0 unspecified atom stereocenters. The molecule has 0 aliphatic heterocycles. The molecule has 84 valence electrons. The Labute approximate surface area is 89.9 Å². The molecule has 0 atom stereocenters. The number of aromatic nitrogens is 2. The summed E-state index contributed by atoms with van der Waals surface area (Å²) in [7, 11) is 1.83. The summed E-state index contributed by atoms with van der Waals surface area (Å²) >= 11 is 0. The smallest absolute Gasteiger partial charge is 0.221 e. The third kappa shape index (κ3) is 4.60. The van der Waals surface area contributed by atoms with Crippen LogP contribution in [0.2, 0.25) is 0 Å². The van der Waals surface area contributed by atoms with Crippen LogP contribution in [0.4, 0.5) is 0 Å². The van der Waals surface area contributed by atoms with Gasteiger partial charge in [-0.2, -0.15) is 5.10 Å². The second-order valence-electron chi connectivity index (χ2n) is 3.48. The standard InChI is InChI=1S/C10H18N4O/c1-9-7-13-14(8-9)6-5-12-10(15)3-4-11-2/h7-8,11H,3-6H2,1-2H3,(H,12,15). The number of rotatable bonds is 6. The zero-order valence-electron chi connectivity index (χ0n) is 9.29. The average Bonchev–Trinajstić information content (AvgIpc) is 2.61. The molecular formula is C10H18N4O. The second kappa shape index (κ2) is 6.19. The van der Waals surface area contributed by atoms with Crippen LogP contribution in [0.25, 0.3) is 0 Å². The lowest BCUT2D eigenvalue weighted by Crippen LogP contribution is -2.29. The van der Waals surface area contributed by atoms with Crippen molar-refractivity contribution < 1.29 is 4.79 Å². The van der Waals surface area contributed by atoms with E-state index in [4.69, 9.17) is 0 Å². The van der Waals surface area contributed by atoms with E-state index in [2.05, 4.69) is 15.7 Å². The zero-order valence-corrected chi connectivity index (χ0v) is 9.29. The molecule has 5 heteroatoms. The average molecular weight is 210 g/mol. The number of amides is 1. The Morgan fingerprint density at radius 2 is 2.33 bits per heavy atom. The van der Waals surface area contributed by atoms with Gasteiger partial charge in [-0.25, -0.2) is 0 Å². The molecule has 0 aromatic carbocycles. The van der Waals surface area contributed by atoms with Crippen LogP contribution < -0.4 is 10.6 Å². The van der Waals surface area contributed by atoms with Crippen LogP contribution >= 0.6 is 0 Å². The van der Waals surface area contributed by atoms with E-state index in [1.54, 1.807) is 0 Å². The number of nitrogens with zero attached hydrogens (tertiary/aromatic N) is 2. The van der Waals surface area contributed by atoms with Crippen LogP contribution in [0.3, 0.4) is 0 Å². The van der Waals surface area contributed by atoms with E-state index in [0.29, 0.717) is 19.5 Å². The molecule has 15 heavy (non-hydrogen) atoms. The maximum atomic E-state index is 11.2. The van der Waals surface area contributed by atoms with E-state index in [1.165, 1.54) is 0 Å². The van der Waals surface area contributed by atoms with Gasteiger partial charge in [0.05, 0.1) is 12.7 Å². The summed E-state index contributed by atoms with van der Waals surface area (Å²) in [5.74, 6) is 0.0771. The van der Waals surface area contributed by atoms with Crippen molar-refractivity contribution in [2.45, 2.75) is 19.9 Å². The van der Waals surface area contributed by atoms with E-state index in [-0.39, 0.29) is 5.91 Å². The second-order valence-corrected chi connectivity index (χ2v) is 3.48. The van der Waals surface area contributed by atoms with Gasteiger partial charge in [-0.05, 0) is 19.5 Å². The number of aryl methyl sites for hydroxylation is 1. The number of carbonyl (C=O) groups is 1. The van der Waals surface area contributed by atoms with E-state index in [0.717, 1.165) is 12.1 Å². The van der Waals surface area contributed by atoms with Gasteiger partial charge in [0.1, 0.15) is 0 Å². The van der Waals surface area contributed by atoms with Crippen molar-refractivity contribution in [1.29, 1.82) is 0 Å². The van der Waals surface area contributed by atoms with E-state index in [1.807, 2.05) is 31.0 Å². The number of nitrogens with one attached hydrogen (secondary N) is 2. The highest BCUT2D eigenvalue weighted by atomic mass is 16.1. The maximum absolute atomic E-state index is 11.2. The summed E-state index contributed by atoms with van der Waals surface area (Å²) in [6, 6.07) is 0. The molecule has 0 spiro atoms. The summed E-state index contributed by atoms with van der Waals surface area (Å²) in [6.45, 7) is 4.06. The molecule has 1 aromatic rings. The highest BCUT2D eigenvalue weighted by Gasteiger charge is 1.99. The first-order valence-corrected chi connectivity index (χ1v) is 5.12. The minimum Gasteiger partial charge on any atom is -0.354 e. The minimum atomic E-state index is 0.0771. The van der Waals surface area contributed by atoms with Crippen LogP contribution in [0.1, 0.15) is 12.0 Å². The lowest BCUT2D eigenvalue weighted by atomic mass is 10.4. The predicted molar refractivity (Wildman–Crippen MR) is 58.5 cm³/mol. The molecule has 1 amide bonds. The van der Waals surface area contributed by atoms with Crippen molar-refractivity contribution in [2.75, 3.05) is 20.1 Å². The first-order valence-electron chi connectivity index (χ1n) is 5.12. The van der Waals surface area contributed by atoms with Gasteiger partial charge in [-0.3, -0.25) is 9.48 Å². The largest absolute Gasteiger partial charge is 0.354 e. The van der Waals surface area contributed by atoms with Gasteiger partial charge < -0.3 is 10.6 Å². The van der Waals surface area contributed by atoms with Crippen molar-refractivity contribution in [3.8, 4) is 0 Å². The SMILES string of the molecule is CNCCC(=O)NCCn1cc(C)cn1. The Balaban J connectivity index is 2.13. The summed E-state index contributed by atoms with van der Waals surface area (Å²) in [4.78, 5) is 11.2. The van der Waals surface area contributed by atoms with Crippen LogP contribution in [0, 0.1) is 6.92 Å². The van der Waals surface area contributed by atoms with Crippen molar-refractivity contribution in [2.24, 2.45) is 0 Å². The first kappa shape index (κ1) is 11.7. The van der Waals surface area contributed by atoms with Crippen LogP contribution in [-0.2, 0) is 11.3 Å². The van der Waals surface area contributed by atoms with Crippen molar-refractivity contribution >= 4 is 5.91 Å². The molecule has 1 rings (SSSR count). The van der Waals surface area contributed by atoms with Gasteiger partial charge in [0.25, 0.3) is 0 Å². The molecule has 0 saturated carbocycles. The molecule has 1 heterocycles. The molecule has 0 saturated heterocycles. The van der Waals surface area contributed by atoms with Gasteiger partial charge in [-0.1, -0.05) is 0 Å². The summed E-state index contributed by atoms with van der Waals surface area (Å²) in [6.07, 6.45) is 4.29. The lowest BCUT2D eigenvalue weighted by Gasteiger charge is -2.04. The Kier molecular flexibility index (Phi) is 4.83. The van der Waals surface area contributed by atoms with Gasteiger partial charge in [0, 0.05) is 25.7 Å². The first-order chi connectivity index (χ1) is 7.22. The van der Waals surface area contributed by atoms with E-state index < -0.39 is 0 Å². The van der Waals surface area contributed by atoms with Crippen molar-refractivity contribution in [3.63, 3.8) is 0 Å². The van der Waals surface area contributed by atoms with Crippen molar-refractivity contribution in [1.82, 2.24) is 20.4 Å². The fraction of sp³-hybridized carbons (Fsp3) is 0.600. The van der Waals surface area contributed by atoms with E-state index >= 15 is 0 Å². The summed E-state index contributed by atoms with van der Waals surface area (Å²) in [5, 5.41) is 9.89. The quantitative estimate of drug-likeness (QED) is 0.690. The summed E-state index contributed by atoms with van der Waals surface area (Å²) < 4.78 is 1.83. The molecule has 0 fully saturated rings. The van der Waals surface area contributed by atoms with Gasteiger partial charge in [0.2, 0.25) is 5.91 Å². The Morgan fingerprint density at radius 1 is 1.53 bits per heavy atom. The monoisotopic (exact) mass is 210 g/mol.